The highest BCUT2D eigenvalue weighted by Gasteiger charge is 2.54. The normalized spacial score (nSPS) is 20.9. The van der Waals surface area contributed by atoms with Crippen molar-refractivity contribution in [3.05, 3.63) is 203 Å². The molecule has 0 saturated heterocycles. The number of rotatable bonds is 6. The second kappa shape index (κ2) is 17.1. The van der Waals surface area contributed by atoms with Crippen LogP contribution in [-0.2, 0) is 32.5 Å². The van der Waals surface area contributed by atoms with Gasteiger partial charge in [0, 0.05) is 58.7 Å². The van der Waals surface area contributed by atoms with Crippen LogP contribution in [0.2, 0.25) is 0 Å². The van der Waals surface area contributed by atoms with Crippen LogP contribution in [0.25, 0.3) is 21.2 Å². The Labute approximate surface area is 479 Å². The minimum absolute atomic E-state index is 0.0446. The summed E-state index contributed by atoms with van der Waals surface area (Å²) >= 11 is 2.01. The number of benzene rings is 8. The number of aryl methyl sites for hydroxylation is 1. The fraction of sp³-hybridized carbons (Fsp3) is 0.324. The van der Waals surface area contributed by atoms with Crippen LogP contribution in [0.5, 0.6) is 0 Å². The highest BCUT2D eigenvalue weighted by Crippen LogP contribution is 2.62. The fourth-order valence-electron chi connectivity index (χ4n) is 15.1. The molecular weight excluding hydrogens is 974 g/mol. The van der Waals surface area contributed by atoms with E-state index in [2.05, 4.69) is 231 Å². The van der Waals surface area contributed by atoms with Crippen LogP contribution in [0.15, 0.2) is 164 Å². The summed E-state index contributed by atoms with van der Waals surface area (Å²) < 4.78 is 29.9. The van der Waals surface area contributed by atoms with Gasteiger partial charge in [0.2, 0.25) is 0 Å². The molecule has 8 aromatic carbocycles. The second-order valence-corrected chi connectivity index (χ2v) is 29.1. The number of para-hydroxylation sites is 2. The van der Waals surface area contributed by atoms with Crippen LogP contribution in [0.3, 0.4) is 0 Å². The fourth-order valence-corrected chi connectivity index (χ4v) is 16.4. The molecule has 1 aromatic heterocycles. The highest BCUT2D eigenvalue weighted by molar-refractivity contribution is 7.33. The summed E-state index contributed by atoms with van der Waals surface area (Å²) in [6.45, 7) is 26.2. The molecule has 3 heterocycles. The molecule has 5 heteroatoms. The third kappa shape index (κ3) is 7.64. The van der Waals surface area contributed by atoms with Gasteiger partial charge < -0.3 is 14.7 Å². The Morgan fingerprint density at radius 1 is 0.532 bits per heavy atom. The van der Waals surface area contributed by atoms with Gasteiger partial charge in [-0.25, -0.2) is 0 Å². The summed E-state index contributed by atoms with van der Waals surface area (Å²) in [5, 5.41) is 1.31. The molecule has 1 saturated carbocycles. The summed E-state index contributed by atoms with van der Waals surface area (Å²) in [5.74, 6) is 0. The van der Waals surface area contributed by atoms with E-state index in [0.29, 0.717) is 11.3 Å². The van der Waals surface area contributed by atoms with Crippen molar-refractivity contribution in [2.24, 2.45) is 0 Å². The first-order valence-corrected chi connectivity index (χ1v) is 29.9. The van der Waals surface area contributed by atoms with Gasteiger partial charge in [-0.2, -0.15) is 0 Å². The van der Waals surface area contributed by atoms with Crippen LogP contribution in [-0.4, -0.2) is 6.71 Å². The number of nitrogens with zero attached hydrogens (tertiary/aromatic N) is 3. The van der Waals surface area contributed by atoms with E-state index in [9.17, 15) is 0 Å². The lowest BCUT2D eigenvalue weighted by atomic mass is 9.35. The van der Waals surface area contributed by atoms with Gasteiger partial charge in [0.1, 0.15) is 0 Å². The van der Waals surface area contributed by atoms with Gasteiger partial charge in [0.15, 0.2) is 0 Å². The van der Waals surface area contributed by atoms with Gasteiger partial charge in [-0.3, -0.25) is 0 Å². The molecule has 0 N–H and O–H groups in total. The zero-order chi connectivity index (χ0) is 57.4. The summed E-state index contributed by atoms with van der Waals surface area (Å²) in [5.41, 5.74) is 23.0. The molecule has 3 aliphatic carbocycles. The molecule has 396 valence electrons. The van der Waals surface area contributed by atoms with Gasteiger partial charge in [-0.15, -0.1) is 11.3 Å². The molecule has 79 heavy (non-hydrogen) atoms. The van der Waals surface area contributed by atoms with Crippen LogP contribution in [0, 0.1) is 6.85 Å². The summed E-state index contributed by atoms with van der Waals surface area (Å²) in [7, 11) is 0. The summed E-state index contributed by atoms with van der Waals surface area (Å²) in [4.78, 5) is 7.47. The maximum Gasteiger partial charge on any atom is 0.264 e. The van der Waals surface area contributed by atoms with Crippen LogP contribution in [0.4, 0.5) is 51.2 Å². The molecule has 2 aliphatic heterocycles. The first-order chi connectivity index (χ1) is 38.7. The average Bonchev–Trinajstić information content (AvgIpc) is 1.79. The van der Waals surface area contributed by atoms with Crippen LogP contribution < -0.4 is 30.4 Å². The van der Waals surface area contributed by atoms with E-state index in [1.54, 1.807) is 11.6 Å². The molecule has 0 amide bonds. The first-order valence-electron chi connectivity index (χ1n) is 30.6. The second-order valence-electron chi connectivity index (χ2n) is 28.1. The van der Waals surface area contributed by atoms with E-state index in [-0.39, 0.29) is 39.2 Å². The van der Waals surface area contributed by atoms with E-state index < -0.39 is 6.85 Å². The van der Waals surface area contributed by atoms with E-state index in [1.165, 1.54) is 89.8 Å². The highest BCUT2D eigenvalue weighted by atomic mass is 32.1. The molecule has 2 atom stereocenters. The molecule has 5 aliphatic rings. The number of anilines is 9. The monoisotopic (exact) mass is 1050 g/mol. The molecule has 0 spiro atoms. The molecule has 9 aromatic rings. The number of hydrogen-bond acceptors (Lipinski definition) is 4. The molecule has 2 bridgehead atoms. The molecular formula is C74H76BN3S. The smallest absolute Gasteiger partial charge is 0.264 e. The SMILES string of the molecule is [2H]C([2H])([2H])c1ccccc1N(c1ccccc1)c1cc2c3c(c1)N(c1ccc(C(C)(C)C)cc1)c1c(sc4cc5c(cc14)C1(C)CCC5(C)C1)B3c1cc3c(cc1N2c1ccc(C(C)(C)C)cc1-c1ccccc1)C(C)(C)CCC3(C)C. The van der Waals surface area contributed by atoms with E-state index >= 15 is 0 Å². The third-order valence-electron chi connectivity index (χ3n) is 19.7. The largest absolute Gasteiger partial charge is 0.311 e. The Kier molecular flexibility index (Phi) is 10.2. The van der Waals surface area contributed by atoms with Crippen LogP contribution in [0.1, 0.15) is 158 Å². The van der Waals surface area contributed by atoms with Crippen molar-refractivity contribution in [1.82, 2.24) is 0 Å². The van der Waals surface area contributed by atoms with Crippen molar-refractivity contribution in [3.8, 4) is 11.1 Å². The van der Waals surface area contributed by atoms with Gasteiger partial charge >= 0.3 is 0 Å². The molecule has 0 radical (unpaired) electrons. The van der Waals surface area contributed by atoms with Crippen molar-refractivity contribution < 1.29 is 4.11 Å². The first kappa shape index (κ1) is 47.0. The van der Waals surface area contributed by atoms with E-state index in [4.69, 9.17) is 4.11 Å². The lowest BCUT2D eigenvalue weighted by Crippen LogP contribution is -2.61. The number of thiophene rings is 1. The van der Waals surface area contributed by atoms with Gasteiger partial charge in [0.05, 0.1) is 17.1 Å². The Morgan fingerprint density at radius 3 is 1.78 bits per heavy atom. The van der Waals surface area contributed by atoms with Gasteiger partial charge in [-0.1, -0.05) is 174 Å². The number of hydrogen-bond donors (Lipinski definition) is 0. The lowest BCUT2D eigenvalue weighted by Gasteiger charge is -2.47. The Balaban J connectivity index is 1.18. The standard InChI is InChI=1S/C74H76BN3S/c1-46-22-20-21-27-60(46)76(50-25-18-15-19-26-50)52-39-63-66-64(40-52)78(61-33-30-49(70(5,6)7)38-53(61)47-23-16-14-17-24-47)62-43-56-55(71(8,9)34-35-72(56,10)11)42-59(62)75(66)68-67(77(63)51-31-28-48(29-32-51)69(2,3)4)54-41-57-58(44-65(54)79-68)74(13)37-36-73(57,12)45-74/h14-33,38-44H,34-37,45H2,1-13H3/i1D3. The maximum atomic E-state index is 9.07. The Bertz CT molecular complexity index is 4090. The quantitative estimate of drug-likeness (QED) is 0.154. The van der Waals surface area contributed by atoms with Crippen molar-refractivity contribution in [1.29, 1.82) is 0 Å². The summed E-state index contributed by atoms with van der Waals surface area (Å²) in [6, 6.07) is 61.0. The van der Waals surface area contributed by atoms with Crippen molar-refractivity contribution in [2.75, 3.05) is 14.7 Å². The molecule has 14 rings (SSSR count). The average molecular weight is 1050 g/mol. The molecule has 3 nitrogen and oxygen atoms in total. The summed E-state index contributed by atoms with van der Waals surface area (Å²) in [6.07, 6.45) is 5.83. The van der Waals surface area contributed by atoms with Crippen molar-refractivity contribution >= 4 is 95.0 Å². The predicted octanol–water partition coefficient (Wildman–Crippen LogP) is 19.1. The minimum atomic E-state index is -2.39. The minimum Gasteiger partial charge on any atom is -0.311 e. The van der Waals surface area contributed by atoms with Gasteiger partial charge in [-0.05, 0) is 200 Å². The zero-order valence-electron chi connectivity index (χ0n) is 51.5. The Morgan fingerprint density at radius 2 is 1.13 bits per heavy atom. The van der Waals surface area contributed by atoms with E-state index in [1.807, 2.05) is 35.6 Å². The molecule has 2 unspecified atom stereocenters. The topological polar surface area (TPSA) is 9.72 Å². The maximum absolute atomic E-state index is 9.07. The van der Waals surface area contributed by atoms with Crippen molar-refractivity contribution in [3.63, 3.8) is 0 Å². The third-order valence-corrected chi connectivity index (χ3v) is 20.9. The zero-order valence-corrected chi connectivity index (χ0v) is 49.3. The van der Waals surface area contributed by atoms with Crippen molar-refractivity contribution in [2.45, 2.75) is 155 Å². The lowest BCUT2D eigenvalue weighted by molar-refractivity contribution is 0.332. The van der Waals surface area contributed by atoms with Crippen LogP contribution >= 0.6 is 11.3 Å². The predicted molar refractivity (Wildman–Crippen MR) is 342 cm³/mol. The van der Waals surface area contributed by atoms with Gasteiger partial charge in [0.25, 0.3) is 6.71 Å². The number of fused-ring (bicyclic) bond motifs is 12. The Hall–Kier alpha value is -6.82. The van der Waals surface area contributed by atoms with E-state index in [0.717, 1.165) is 52.5 Å². The molecule has 1 fully saturated rings.